The standard InChI is InChI=1S/C22H18Cl5NO5/c1-30-13-5-3-11(9-15(13)31-2)7-8-28-22(29)14-6-4-12(33-14)10-32-21-19(26)17(24)16(23)18(25)20(21)27/h3-6,9H,7-8,10H2,1-2H3,(H,28,29). The smallest absolute Gasteiger partial charge is 0.287 e. The number of carbonyl (C=O) groups excluding carboxylic acids is 1. The summed E-state index contributed by atoms with van der Waals surface area (Å²) in [4.78, 5) is 12.4. The Labute approximate surface area is 215 Å². The van der Waals surface area contributed by atoms with Gasteiger partial charge in [-0.3, -0.25) is 4.79 Å². The predicted molar refractivity (Wildman–Crippen MR) is 130 cm³/mol. The third-order valence-corrected chi connectivity index (χ3v) is 6.80. The van der Waals surface area contributed by atoms with E-state index in [-0.39, 0.29) is 49.1 Å². The van der Waals surface area contributed by atoms with Crippen LogP contribution in [-0.2, 0) is 13.0 Å². The van der Waals surface area contributed by atoms with Gasteiger partial charge in [-0.15, -0.1) is 0 Å². The van der Waals surface area contributed by atoms with Crippen LogP contribution in [0.4, 0.5) is 0 Å². The number of rotatable bonds is 9. The molecule has 0 fully saturated rings. The number of amides is 1. The maximum atomic E-state index is 12.4. The van der Waals surface area contributed by atoms with E-state index >= 15 is 0 Å². The van der Waals surface area contributed by atoms with Gasteiger partial charge >= 0.3 is 0 Å². The van der Waals surface area contributed by atoms with E-state index in [4.69, 9.17) is 76.6 Å². The highest BCUT2D eigenvalue weighted by molar-refractivity contribution is 6.55. The Kier molecular flexibility index (Phi) is 8.90. The highest BCUT2D eigenvalue weighted by Gasteiger charge is 2.21. The van der Waals surface area contributed by atoms with Crippen molar-refractivity contribution in [3.8, 4) is 17.2 Å². The fourth-order valence-electron chi connectivity index (χ4n) is 2.88. The Bertz CT molecular complexity index is 1140. The van der Waals surface area contributed by atoms with E-state index in [0.717, 1.165) is 5.56 Å². The second kappa shape index (κ2) is 11.4. The van der Waals surface area contributed by atoms with Gasteiger partial charge in [0, 0.05) is 6.54 Å². The van der Waals surface area contributed by atoms with E-state index in [1.54, 1.807) is 20.3 Å². The van der Waals surface area contributed by atoms with Crippen LogP contribution in [0.1, 0.15) is 21.9 Å². The summed E-state index contributed by atoms with van der Waals surface area (Å²) in [5.74, 6) is 1.46. The van der Waals surface area contributed by atoms with Crippen LogP contribution in [0, 0.1) is 0 Å². The lowest BCUT2D eigenvalue weighted by Crippen LogP contribution is -2.25. The zero-order chi connectivity index (χ0) is 24.1. The van der Waals surface area contributed by atoms with E-state index in [9.17, 15) is 4.79 Å². The number of ether oxygens (including phenoxy) is 3. The maximum absolute atomic E-state index is 12.4. The SMILES string of the molecule is COc1ccc(CCNC(=O)c2ccc(COc3c(Cl)c(Cl)c(Cl)c(Cl)c3Cl)o2)cc1OC. The van der Waals surface area contributed by atoms with Crippen LogP contribution in [0.5, 0.6) is 17.2 Å². The van der Waals surface area contributed by atoms with Crippen LogP contribution >= 0.6 is 58.0 Å². The van der Waals surface area contributed by atoms with Crippen LogP contribution in [-0.4, -0.2) is 26.7 Å². The topological polar surface area (TPSA) is 69.9 Å². The molecule has 0 saturated carbocycles. The van der Waals surface area contributed by atoms with Crippen LogP contribution in [0.15, 0.2) is 34.7 Å². The third-order valence-electron chi connectivity index (χ3n) is 4.56. The van der Waals surface area contributed by atoms with Crippen molar-refractivity contribution in [3.05, 3.63) is 72.5 Å². The van der Waals surface area contributed by atoms with E-state index in [0.29, 0.717) is 30.2 Å². The summed E-state index contributed by atoms with van der Waals surface area (Å²) < 4.78 is 21.7. The zero-order valence-corrected chi connectivity index (χ0v) is 21.2. The van der Waals surface area contributed by atoms with Crippen LogP contribution in [0.25, 0.3) is 0 Å². The number of hydrogen-bond acceptors (Lipinski definition) is 5. The quantitative estimate of drug-likeness (QED) is 0.226. The molecular formula is C22H18Cl5NO5. The summed E-state index contributed by atoms with van der Waals surface area (Å²) in [6.07, 6.45) is 0.595. The molecule has 176 valence electrons. The number of hydrogen-bond donors (Lipinski definition) is 1. The summed E-state index contributed by atoms with van der Waals surface area (Å²) in [7, 11) is 3.14. The van der Waals surface area contributed by atoms with Gasteiger partial charge < -0.3 is 23.9 Å². The molecule has 1 amide bonds. The van der Waals surface area contributed by atoms with Crippen molar-refractivity contribution < 1.29 is 23.4 Å². The highest BCUT2D eigenvalue weighted by Crippen LogP contribution is 2.48. The lowest BCUT2D eigenvalue weighted by molar-refractivity contribution is 0.0922. The Morgan fingerprint density at radius 2 is 1.52 bits per heavy atom. The molecule has 3 rings (SSSR count). The van der Waals surface area contributed by atoms with Crippen molar-refractivity contribution in [2.75, 3.05) is 20.8 Å². The van der Waals surface area contributed by atoms with Gasteiger partial charge in [-0.05, 0) is 36.2 Å². The molecule has 1 aromatic heterocycles. The first kappa shape index (κ1) is 25.7. The molecule has 0 radical (unpaired) electrons. The minimum absolute atomic E-state index is 0.0238. The first-order valence-electron chi connectivity index (χ1n) is 9.48. The van der Waals surface area contributed by atoms with Crippen LogP contribution < -0.4 is 19.5 Å². The number of benzene rings is 2. The molecule has 0 bridgehead atoms. The van der Waals surface area contributed by atoms with Crippen LogP contribution in [0.2, 0.25) is 25.1 Å². The Morgan fingerprint density at radius 1 is 0.879 bits per heavy atom. The van der Waals surface area contributed by atoms with Crippen molar-refractivity contribution in [2.24, 2.45) is 0 Å². The molecule has 0 aliphatic heterocycles. The Hall–Kier alpha value is -1.96. The summed E-state index contributed by atoms with van der Waals surface area (Å²) in [5, 5.41) is 2.93. The normalized spacial score (nSPS) is 10.8. The van der Waals surface area contributed by atoms with E-state index in [2.05, 4.69) is 5.32 Å². The monoisotopic (exact) mass is 551 g/mol. The second-order valence-corrected chi connectivity index (χ2v) is 8.54. The van der Waals surface area contributed by atoms with Gasteiger partial charge in [0.05, 0.1) is 29.3 Å². The minimum Gasteiger partial charge on any atom is -0.493 e. The van der Waals surface area contributed by atoms with Crippen molar-refractivity contribution >= 4 is 63.9 Å². The van der Waals surface area contributed by atoms with Gasteiger partial charge in [-0.25, -0.2) is 0 Å². The molecule has 0 unspecified atom stereocenters. The maximum Gasteiger partial charge on any atom is 0.287 e. The summed E-state index contributed by atoms with van der Waals surface area (Å²) >= 11 is 30.3. The van der Waals surface area contributed by atoms with Crippen molar-refractivity contribution in [2.45, 2.75) is 13.0 Å². The molecular weight excluding hydrogens is 536 g/mol. The molecule has 0 aliphatic rings. The largest absolute Gasteiger partial charge is 0.493 e. The minimum atomic E-state index is -0.365. The lowest BCUT2D eigenvalue weighted by Gasteiger charge is -2.12. The third kappa shape index (κ3) is 5.94. The summed E-state index contributed by atoms with van der Waals surface area (Å²) in [5.41, 5.74) is 0.982. The van der Waals surface area contributed by atoms with E-state index < -0.39 is 0 Å². The molecule has 6 nitrogen and oxygen atoms in total. The van der Waals surface area contributed by atoms with Crippen molar-refractivity contribution in [1.29, 1.82) is 0 Å². The Balaban J connectivity index is 1.57. The highest BCUT2D eigenvalue weighted by atomic mass is 35.5. The molecule has 0 spiro atoms. The fraction of sp³-hybridized carbons (Fsp3) is 0.227. The predicted octanol–water partition coefficient (Wildman–Crippen LogP) is 7.12. The summed E-state index contributed by atoms with van der Waals surface area (Å²) in [6, 6.07) is 8.72. The molecule has 33 heavy (non-hydrogen) atoms. The lowest BCUT2D eigenvalue weighted by atomic mass is 10.1. The van der Waals surface area contributed by atoms with Gasteiger partial charge in [0.1, 0.15) is 22.4 Å². The second-order valence-electron chi connectivity index (χ2n) is 6.65. The number of furan rings is 1. The average Bonchev–Trinajstić information content (AvgIpc) is 3.30. The molecule has 2 aromatic carbocycles. The van der Waals surface area contributed by atoms with Gasteiger partial charge in [0.15, 0.2) is 23.0 Å². The average molecular weight is 554 g/mol. The molecule has 11 heteroatoms. The number of nitrogens with one attached hydrogen (secondary N) is 1. The molecule has 1 N–H and O–H groups in total. The Morgan fingerprint density at radius 3 is 2.15 bits per heavy atom. The van der Waals surface area contributed by atoms with Gasteiger partial charge in [-0.2, -0.15) is 0 Å². The zero-order valence-electron chi connectivity index (χ0n) is 17.4. The van der Waals surface area contributed by atoms with Crippen molar-refractivity contribution in [3.63, 3.8) is 0 Å². The molecule has 0 saturated heterocycles. The summed E-state index contributed by atoms with van der Waals surface area (Å²) in [6.45, 7) is 0.334. The molecule has 0 atom stereocenters. The fourth-order valence-corrected chi connectivity index (χ4v) is 4.11. The van der Waals surface area contributed by atoms with Crippen molar-refractivity contribution in [1.82, 2.24) is 5.32 Å². The molecule has 1 heterocycles. The molecule has 0 aliphatic carbocycles. The van der Waals surface area contributed by atoms with Gasteiger partial charge in [0.2, 0.25) is 0 Å². The van der Waals surface area contributed by atoms with E-state index in [1.807, 2.05) is 18.2 Å². The van der Waals surface area contributed by atoms with Crippen LogP contribution in [0.3, 0.4) is 0 Å². The first-order chi connectivity index (χ1) is 15.8. The first-order valence-corrected chi connectivity index (χ1v) is 11.4. The van der Waals surface area contributed by atoms with E-state index in [1.165, 1.54) is 6.07 Å². The number of carbonyl (C=O) groups is 1. The van der Waals surface area contributed by atoms with Gasteiger partial charge in [-0.1, -0.05) is 64.1 Å². The van der Waals surface area contributed by atoms with Gasteiger partial charge in [0.25, 0.3) is 5.91 Å². The number of methoxy groups -OCH3 is 2. The number of halogens is 5. The molecule has 3 aromatic rings.